The van der Waals surface area contributed by atoms with Gasteiger partial charge in [0.1, 0.15) is 6.29 Å². The number of benzene rings is 1. The average molecular weight is 468 g/mol. The molecule has 3 rings (SSSR count). The Bertz CT molecular complexity index is 783. The van der Waals surface area contributed by atoms with Crippen molar-refractivity contribution in [3.05, 3.63) is 47.0 Å². The summed E-state index contributed by atoms with van der Waals surface area (Å²) in [5.41, 5.74) is 3.61. The molecule has 2 N–H and O–H groups in total. The topological polar surface area (TPSA) is 66.4 Å². The van der Waals surface area contributed by atoms with Gasteiger partial charge in [0.05, 0.1) is 6.10 Å². The van der Waals surface area contributed by atoms with Crippen LogP contribution in [0.1, 0.15) is 89.5 Å². The van der Waals surface area contributed by atoms with Crippen molar-refractivity contribution < 1.29 is 14.7 Å². The fourth-order valence-corrected chi connectivity index (χ4v) is 5.10. The van der Waals surface area contributed by atoms with Gasteiger partial charge in [-0.05, 0) is 100 Å². The summed E-state index contributed by atoms with van der Waals surface area (Å²) < 4.78 is 0. The molecular weight excluding hydrogens is 422 g/mol. The maximum atomic E-state index is 12.5. The summed E-state index contributed by atoms with van der Waals surface area (Å²) >= 11 is 0. The quantitative estimate of drug-likeness (QED) is 0.267. The van der Waals surface area contributed by atoms with Gasteiger partial charge in [-0.2, -0.15) is 0 Å². The lowest BCUT2D eigenvalue weighted by Crippen LogP contribution is -2.26. The number of ketones is 1. The van der Waals surface area contributed by atoms with Crippen LogP contribution in [0.3, 0.4) is 0 Å². The van der Waals surface area contributed by atoms with E-state index in [1.165, 1.54) is 24.0 Å². The van der Waals surface area contributed by atoms with Crippen LogP contribution in [0.25, 0.3) is 0 Å². The van der Waals surface area contributed by atoms with Gasteiger partial charge in [0.2, 0.25) is 0 Å². The third-order valence-electron chi connectivity index (χ3n) is 7.69. The molecule has 1 aromatic carbocycles. The summed E-state index contributed by atoms with van der Waals surface area (Å²) in [6, 6.07) is 10.3. The number of aliphatic hydroxyl groups excluding tert-OH is 1. The summed E-state index contributed by atoms with van der Waals surface area (Å²) in [6.07, 6.45) is 13.3. The van der Waals surface area contributed by atoms with Crippen molar-refractivity contribution in [3.63, 3.8) is 0 Å². The Morgan fingerprint density at radius 3 is 2.50 bits per heavy atom. The lowest BCUT2D eigenvalue weighted by atomic mass is 9.92. The van der Waals surface area contributed by atoms with E-state index in [0.717, 1.165) is 95.1 Å². The Morgan fingerprint density at radius 1 is 1.00 bits per heavy atom. The smallest absolute Gasteiger partial charge is 0.159 e. The van der Waals surface area contributed by atoms with E-state index >= 15 is 0 Å². The molecule has 0 amide bonds. The molecule has 3 unspecified atom stereocenters. The third-order valence-corrected chi connectivity index (χ3v) is 7.69. The molecule has 0 aromatic heterocycles. The zero-order valence-corrected chi connectivity index (χ0v) is 21.1. The van der Waals surface area contributed by atoms with Gasteiger partial charge in [0.15, 0.2) is 5.78 Å². The Morgan fingerprint density at radius 2 is 1.76 bits per heavy atom. The molecule has 0 bridgehead atoms. The van der Waals surface area contributed by atoms with E-state index in [1.54, 1.807) is 0 Å². The van der Waals surface area contributed by atoms with Gasteiger partial charge in [-0.1, -0.05) is 49.2 Å². The number of allylic oxidation sites excluding steroid dienone is 2. The molecule has 0 radical (unpaired) electrons. The van der Waals surface area contributed by atoms with Crippen LogP contribution in [0.2, 0.25) is 0 Å². The number of aryl methyl sites for hydroxylation is 1. The second kappa shape index (κ2) is 14.6. The van der Waals surface area contributed by atoms with Crippen molar-refractivity contribution in [2.24, 2.45) is 17.8 Å². The minimum Gasteiger partial charge on any atom is -0.393 e. The first-order valence-corrected chi connectivity index (χ1v) is 13.7. The predicted octanol–water partition coefficient (Wildman–Crippen LogP) is 5.82. The molecule has 188 valence electrons. The number of aliphatic hydroxyl groups is 1. The molecule has 2 aliphatic rings. The van der Waals surface area contributed by atoms with Crippen LogP contribution in [0.4, 0.5) is 0 Å². The molecule has 0 aliphatic heterocycles. The minimum absolute atomic E-state index is 0.125. The number of hydrogen-bond acceptors (Lipinski definition) is 4. The van der Waals surface area contributed by atoms with Crippen molar-refractivity contribution in [2.75, 3.05) is 13.1 Å². The first kappa shape index (κ1) is 26.8. The van der Waals surface area contributed by atoms with E-state index in [1.807, 2.05) is 18.2 Å². The van der Waals surface area contributed by atoms with E-state index in [2.05, 4.69) is 24.4 Å². The van der Waals surface area contributed by atoms with Gasteiger partial charge in [-0.25, -0.2) is 0 Å². The van der Waals surface area contributed by atoms with Gasteiger partial charge >= 0.3 is 0 Å². The predicted molar refractivity (Wildman–Crippen MR) is 139 cm³/mol. The van der Waals surface area contributed by atoms with Crippen LogP contribution in [-0.2, 0) is 16.0 Å². The standard InChI is InChI=1S/C30H45NO3/c1-23(10-11-26(22-32)21-31-20-25-12-13-25)6-5-9-29-27(16-19-30(29)34)15-18-28(33)17-14-24-7-3-2-4-8-24/h2-4,7-8,22-23,25-26,28,31,33H,5-6,9-21H2,1H3. The number of Topliss-reactive ketones (excluding diaryl/α,β-unsaturated/α-hetero) is 1. The monoisotopic (exact) mass is 467 g/mol. The number of hydrogen-bond donors (Lipinski definition) is 2. The number of rotatable bonds is 18. The second-order valence-corrected chi connectivity index (χ2v) is 10.8. The maximum Gasteiger partial charge on any atom is 0.159 e. The molecule has 2 aliphatic carbocycles. The van der Waals surface area contributed by atoms with E-state index in [9.17, 15) is 14.7 Å². The van der Waals surface area contributed by atoms with Crippen LogP contribution >= 0.6 is 0 Å². The first-order valence-electron chi connectivity index (χ1n) is 13.7. The zero-order chi connectivity index (χ0) is 24.2. The van der Waals surface area contributed by atoms with Crippen molar-refractivity contribution in [3.8, 4) is 0 Å². The molecule has 1 fully saturated rings. The second-order valence-electron chi connectivity index (χ2n) is 10.8. The maximum absolute atomic E-state index is 12.5. The highest BCUT2D eigenvalue weighted by atomic mass is 16.3. The molecule has 1 saturated carbocycles. The highest BCUT2D eigenvalue weighted by Crippen LogP contribution is 2.32. The van der Waals surface area contributed by atoms with Crippen LogP contribution in [0, 0.1) is 17.8 Å². The van der Waals surface area contributed by atoms with Crippen molar-refractivity contribution in [1.29, 1.82) is 0 Å². The summed E-state index contributed by atoms with van der Waals surface area (Å²) in [4.78, 5) is 23.8. The zero-order valence-electron chi connectivity index (χ0n) is 21.1. The largest absolute Gasteiger partial charge is 0.393 e. The van der Waals surface area contributed by atoms with Crippen LogP contribution < -0.4 is 5.32 Å². The van der Waals surface area contributed by atoms with E-state index < -0.39 is 0 Å². The summed E-state index contributed by atoms with van der Waals surface area (Å²) in [7, 11) is 0. The Kier molecular flexibility index (Phi) is 11.5. The number of nitrogens with one attached hydrogen (secondary N) is 1. The molecule has 0 heterocycles. The molecule has 4 heteroatoms. The van der Waals surface area contributed by atoms with E-state index in [-0.39, 0.29) is 12.0 Å². The molecule has 0 spiro atoms. The number of aldehydes is 1. The molecule has 4 nitrogen and oxygen atoms in total. The lowest BCUT2D eigenvalue weighted by molar-refractivity contribution is -0.115. The Hall–Kier alpha value is -1.78. The van der Waals surface area contributed by atoms with Gasteiger partial charge in [-0.3, -0.25) is 4.79 Å². The molecule has 34 heavy (non-hydrogen) atoms. The Balaban J connectivity index is 1.32. The van der Waals surface area contributed by atoms with Gasteiger partial charge in [-0.15, -0.1) is 0 Å². The van der Waals surface area contributed by atoms with Gasteiger partial charge in [0, 0.05) is 18.9 Å². The fourth-order valence-electron chi connectivity index (χ4n) is 5.10. The van der Waals surface area contributed by atoms with Crippen LogP contribution in [-0.4, -0.2) is 36.4 Å². The van der Waals surface area contributed by atoms with Crippen molar-refractivity contribution in [2.45, 2.75) is 96.5 Å². The third kappa shape index (κ3) is 9.84. The Labute approximate surface area is 206 Å². The number of carbonyl (C=O) groups excluding carboxylic acids is 2. The average Bonchev–Trinajstić information content (AvgIpc) is 3.61. The molecule has 3 atom stereocenters. The number of carbonyl (C=O) groups is 2. The van der Waals surface area contributed by atoms with E-state index in [0.29, 0.717) is 18.1 Å². The highest BCUT2D eigenvalue weighted by molar-refractivity contribution is 5.98. The first-order chi connectivity index (χ1) is 16.5. The van der Waals surface area contributed by atoms with Crippen LogP contribution in [0.5, 0.6) is 0 Å². The molecule has 0 saturated heterocycles. The molecular formula is C30H45NO3. The SMILES string of the molecule is CC(CCCC1=C(CCC(O)CCc2ccccc2)CCC1=O)CCC(C=O)CNCC1CC1. The van der Waals surface area contributed by atoms with Crippen molar-refractivity contribution in [1.82, 2.24) is 5.32 Å². The van der Waals surface area contributed by atoms with Crippen LogP contribution in [0.15, 0.2) is 41.5 Å². The van der Waals surface area contributed by atoms with Crippen molar-refractivity contribution >= 4 is 12.1 Å². The minimum atomic E-state index is -0.311. The summed E-state index contributed by atoms with van der Waals surface area (Å²) in [6.45, 7) is 4.15. The fraction of sp³-hybridized carbons (Fsp3) is 0.667. The van der Waals surface area contributed by atoms with E-state index in [4.69, 9.17) is 0 Å². The lowest BCUT2D eigenvalue weighted by Gasteiger charge is -2.16. The summed E-state index contributed by atoms with van der Waals surface area (Å²) in [5, 5.41) is 13.9. The van der Waals surface area contributed by atoms with Gasteiger partial charge in [0.25, 0.3) is 0 Å². The van der Waals surface area contributed by atoms with Gasteiger partial charge < -0.3 is 15.2 Å². The highest BCUT2D eigenvalue weighted by Gasteiger charge is 2.23. The molecule has 1 aromatic rings. The normalized spacial score (nSPS) is 18.8. The summed E-state index contributed by atoms with van der Waals surface area (Å²) in [5.74, 6) is 1.87.